The zero-order valence-electron chi connectivity index (χ0n) is 8.52. The number of ether oxygens (including phenoxy) is 1. The van der Waals surface area contributed by atoms with Gasteiger partial charge in [0.15, 0.2) is 0 Å². The quantitative estimate of drug-likeness (QED) is 0.458. The van der Waals surface area contributed by atoms with Gasteiger partial charge in [-0.3, -0.25) is 0 Å². The zero-order chi connectivity index (χ0) is 11.0. The topological polar surface area (TPSA) is 67.9 Å². The van der Waals surface area contributed by atoms with E-state index in [1.807, 2.05) is 6.92 Å². The third-order valence-electron chi connectivity index (χ3n) is 1.15. The summed E-state index contributed by atoms with van der Waals surface area (Å²) < 4.78 is 6.37. The molecule has 0 aromatic carbocycles. The average Bonchev–Trinajstić information content (AvgIpc) is 2.16. The summed E-state index contributed by atoms with van der Waals surface area (Å²) in [6.07, 6.45) is 4.40. The maximum Gasteiger partial charge on any atom is 0.368 e. The molecule has 0 aromatic heterocycles. The van der Waals surface area contributed by atoms with E-state index in [0.29, 0.717) is 6.61 Å². The number of carbonyl (C=O) groups excluding carboxylic acids is 1. The van der Waals surface area contributed by atoms with E-state index >= 15 is 0 Å². The van der Waals surface area contributed by atoms with Crippen LogP contribution >= 0.6 is 23.9 Å². The fraction of sp³-hybridized carbons (Fsp3) is 0.714. The third-order valence-corrected chi connectivity index (χ3v) is 3.02. The molecule has 7 heteroatoms. The predicted octanol–water partition coefficient (Wildman–Crippen LogP) is 1.71. The van der Waals surface area contributed by atoms with Crippen molar-refractivity contribution in [2.75, 3.05) is 19.1 Å². The van der Waals surface area contributed by atoms with Crippen molar-refractivity contribution in [2.24, 2.45) is 10.7 Å². The van der Waals surface area contributed by atoms with Crippen molar-refractivity contribution >= 4 is 35.9 Å². The number of nitrogens with two attached hydrogens (primary N) is 1. The monoisotopic (exact) mass is 237 g/mol. The maximum atomic E-state index is 11.3. The van der Waals surface area contributed by atoms with E-state index in [4.69, 9.17) is 10.5 Å². The van der Waals surface area contributed by atoms with Gasteiger partial charge in [-0.05, 0) is 30.3 Å². The number of amides is 2. The number of aliphatic imine (C=N–C) groups is 1. The number of rotatable bonds is 4. The van der Waals surface area contributed by atoms with Crippen LogP contribution in [0.25, 0.3) is 0 Å². The minimum atomic E-state index is -0.418. The van der Waals surface area contributed by atoms with E-state index in [2.05, 4.69) is 4.99 Å². The van der Waals surface area contributed by atoms with Crippen LogP contribution in [0.4, 0.5) is 4.79 Å². The van der Waals surface area contributed by atoms with Crippen LogP contribution in [0.2, 0.25) is 0 Å². The molecule has 2 N–H and O–H groups in total. The third kappa shape index (κ3) is 5.23. The molecule has 0 bridgehead atoms. The van der Waals surface area contributed by atoms with Crippen molar-refractivity contribution in [3.05, 3.63) is 0 Å². The first-order valence-electron chi connectivity index (χ1n) is 4.05. The molecule has 0 aliphatic heterocycles. The van der Waals surface area contributed by atoms with Gasteiger partial charge in [-0.1, -0.05) is 6.92 Å². The molecule has 0 rings (SSSR count). The molecule has 2 amide bonds. The largest absolute Gasteiger partial charge is 0.465 e. The van der Waals surface area contributed by atoms with Gasteiger partial charge in [0.25, 0.3) is 6.02 Å². The highest BCUT2D eigenvalue weighted by Crippen LogP contribution is 2.17. The lowest BCUT2D eigenvalue weighted by molar-refractivity contribution is 0.244. The highest BCUT2D eigenvalue weighted by molar-refractivity contribution is 8.12. The number of hydrogen-bond donors (Lipinski definition) is 1. The fourth-order valence-corrected chi connectivity index (χ4v) is 1.60. The van der Waals surface area contributed by atoms with Crippen molar-refractivity contribution in [2.45, 2.75) is 13.3 Å². The van der Waals surface area contributed by atoms with Gasteiger partial charge in [0, 0.05) is 12.5 Å². The molecule has 0 atom stereocenters. The molecule has 0 aromatic rings. The predicted molar refractivity (Wildman–Crippen MR) is 62.1 cm³/mol. The summed E-state index contributed by atoms with van der Waals surface area (Å²) in [5, 5.41) is 0. The molecular weight excluding hydrogens is 222 g/mol. The van der Waals surface area contributed by atoms with E-state index in [0.717, 1.165) is 6.42 Å². The standard InChI is InChI=1S/C7H15N3O2S2/c1-4-5-12-6(8)9-7(11)10(13-2)14-3/h4-5H2,1-3H3,(H2,8,9,11). The van der Waals surface area contributed by atoms with Crippen LogP contribution in [0, 0.1) is 0 Å². The van der Waals surface area contributed by atoms with E-state index in [-0.39, 0.29) is 6.02 Å². The van der Waals surface area contributed by atoms with E-state index in [1.165, 1.54) is 27.6 Å². The van der Waals surface area contributed by atoms with E-state index in [1.54, 1.807) is 12.5 Å². The summed E-state index contributed by atoms with van der Waals surface area (Å²) in [4.78, 5) is 14.9. The van der Waals surface area contributed by atoms with Crippen molar-refractivity contribution in [1.82, 2.24) is 3.71 Å². The highest BCUT2D eigenvalue weighted by atomic mass is 32.2. The van der Waals surface area contributed by atoms with Gasteiger partial charge in [0.05, 0.1) is 6.61 Å². The Labute approximate surface area is 92.7 Å². The number of amidine groups is 1. The lowest BCUT2D eigenvalue weighted by atomic mass is 10.5. The Morgan fingerprint density at radius 2 is 2.07 bits per heavy atom. The Morgan fingerprint density at radius 1 is 1.50 bits per heavy atom. The Kier molecular flexibility index (Phi) is 7.50. The van der Waals surface area contributed by atoms with Crippen LogP contribution in [0.3, 0.4) is 0 Å². The normalized spacial score (nSPS) is 11.2. The Balaban J connectivity index is 4.11. The van der Waals surface area contributed by atoms with Gasteiger partial charge in [0.1, 0.15) is 0 Å². The lowest BCUT2D eigenvalue weighted by Crippen LogP contribution is -2.22. The van der Waals surface area contributed by atoms with E-state index < -0.39 is 6.03 Å². The first kappa shape index (κ1) is 13.4. The van der Waals surface area contributed by atoms with Crippen LogP contribution in [0.5, 0.6) is 0 Å². The van der Waals surface area contributed by atoms with Gasteiger partial charge in [-0.2, -0.15) is 0 Å². The maximum absolute atomic E-state index is 11.3. The molecule has 82 valence electrons. The summed E-state index contributed by atoms with van der Waals surface area (Å²) >= 11 is 2.54. The molecular formula is C7H15N3O2S2. The molecule has 5 nitrogen and oxygen atoms in total. The Bertz CT molecular complexity index is 207. The van der Waals surface area contributed by atoms with Crippen LogP contribution < -0.4 is 5.73 Å². The lowest BCUT2D eigenvalue weighted by Gasteiger charge is -2.12. The molecule has 0 aliphatic rings. The number of hydrogen-bond acceptors (Lipinski definition) is 4. The zero-order valence-corrected chi connectivity index (χ0v) is 10.2. The van der Waals surface area contributed by atoms with Crippen molar-refractivity contribution < 1.29 is 9.53 Å². The summed E-state index contributed by atoms with van der Waals surface area (Å²) in [7, 11) is 0. The Morgan fingerprint density at radius 3 is 2.50 bits per heavy atom. The SMILES string of the molecule is CCCO/C(N)=N\C(=O)N(SC)SC. The molecule has 0 spiro atoms. The van der Waals surface area contributed by atoms with Crippen LogP contribution in [0.15, 0.2) is 4.99 Å². The van der Waals surface area contributed by atoms with Crippen molar-refractivity contribution in [3.63, 3.8) is 0 Å². The van der Waals surface area contributed by atoms with Crippen molar-refractivity contribution in [3.8, 4) is 0 Å². The number of carbonyl (C=O) groups is 1. The molecule has 0 saturated heterocycles. The summed E-state index contributed by atoms with van der Waals surface area (Å²) in [6.45, 7) is 2.42. The van der Waals surface area contributed by atoms with Crippen molar-refractivity contribution in [1.29, 1.82) is 0 Å². The minimum absolute atomic E-state index is 0.0787. The highest BCUT2D eigenvalue weighted by Gasteiger charge is 2.10. The second-order valence-corrected chi connectivity index (χ2v) is 3.90. The minimum Gasteiger partial charge on any atom is -0.465 e. The summed E-state index contributed by atoms with van der Waals surface area (Å²) in [6, 6.07) is -0.497. The van der Waals surface area contributed by atoms with Gasteiger partial charge in [0.2, 0.25) is 0 Å². The van der Waals surface area contributed by atoms with E-state index in [9.17, 15) is 4.79 Å². The summed E-state index contributed by atoms with van der Waals surface area (Å²) in [5.74, 6) is 0. The molecule has 0 saturated carbocycles. The average molecular weight is 237 g/mol. The van der Waals surface area contributed by atoms with Gasteiger partial charge >= 0.3 is 6.03 Å². The Hall–Kier alpha value is -0.560. The molecule has 0 fully saturated rings. The van der Waals surface area contributed by atoms with Crippen LogP contribution in [-0.2, 0) is 4.74 Å². The summed E-state index contributed by atoms with van der Waals surface area (Å²) in [5.41, 5.74) is 5.37. The molecule has 0 unspecified atom stereocenters. The second-order valence-electron chi connectivity index (χ2n) is 2.20. The first-order chi connectivity index (χ1) is 6.65. The molecule has 0 heterocycles. The molecule has 0 aliphatic carbocycles. The molecule has 14 heavy (non-hydrogen) atoms. The first-order valence-corrected chi connectivity index (χ1v) is 6.41. The number of urea groups is 1. The van der Waals surface area contributed by atoms with Gasteiger partial charge in [-0.25, -0.2) is 8.51 Å². The second kappa shape index (κ2) is 7.81. The van der Waals surface area contributed by atoms with Gasteiger partial charge in [-0.15, -0.1) is 4.99 Å². The fourth-order valence-electron chi connectivity index (χ4n) is 0.605. The van der Waals surface area contributed by atoms with Gasteiger partial charge < -0.3 is 10.5 Å². The molecule has 0 radical (unpaired) electrons. The smallest absolute Gasteiger partial charge is 0.368 e. The number of nitrogens with zero attached hydrogens (tertiary/aromatic N) is 2. The van der Waals surface area contributed by atoms with Crippen LogP contribution in [0.1, 0.15) is 13.3 Å². The van der Waals surface area contributed by atoms with Crippen LogP contribution in [-0.4, -0.2) is 34.9 Å².